The van der Waals surface area contributed by atoms with E-state index in [0.29, 0.717) is 18.3 Å². The van der Waals surface area contributed by atoms with Crippen molar-refractivity contribution in [3.63, 3.8) is 0 Å². The first kappa shape index (κ1) is 19.3. The summed E-state index contributed by atoms with van der Waals surface area (Å²) in [6.07, 6.45) is 1.98. The van der Waals surface area contributed by atoms with E-state index in [2.05, 4.69) is 40.0 Å². The predicted molar refractivity (Wildman–Crippen MR) is 101 cm³/mol. The number of carbonyl (C=O) groups excluding carboxylic acids is 1. The zero-order valence-electron chi connectivity index (χ0n) is 15.1. The van der Waals surface area contributed by atoms with Crippen LogP contribution in [-0.4, -0.2) is 42.6 Å². The van der Waals surface area contributed by atoms with Crippen LogP contribution in [0, 0.1) is 12.8 Å². The Hall–Kier alpha value is -1.07. The van der Waals surface area contributed by atoms with E-state index in [1.54, 1.807) is 6.92 Å². The molecular formula is C19H29BrN2O2. The summed E-state index contributed by atoms with van der Waals surface area (Å²) in [5, 5.41) is 3.02. The number of likely N-dealkylation sites (tertiary alicyclic amines) is 1. The van der Waals surface area contributed by atoms with Crippen molar-refractivity contribution in [1.82, 2.24) is 10.2 Å². The highest BCUT2D eigenvalue weighted by Crippen LogP contribution is 2.26. The Labute approximate surface area is 154 Å². The SMILES string of the molecule is Cc1ccc(OC(C)C(=O)NCC(C)N2CCC(C)CC2)c(Br)c1. The summed E-state index contributed by atoms with van der Waals surface area (Å²) in [4.78, 5) is 14.8. The Morgan fingerprint density at radius 1 is 1.38 bits per heavy atom. The molecule has 0 aromatic heterocycles. The molecular weight excluding hydrogens is 368 g/mol. The molecule has 0 radical (unpaired) electrons. The van der Waals surface area contributed by atoms with Gasteiger partial charge in [0.25, 0.3) is 5.91 Å². The molecule has 1 aliphatic heterocycles. The van der Waals surface area contributed by atoms with Crippen molar-refractivity contribution in [2.24, 2.45) is 5.92 Å². The summed E-state index contributed by atoms with van der Waals surface area (Å²) in [5.74, 6) is 1.45. The topological polar surface area (TPSA) is 41.6 Å². The Bertz CT molecular complexity index is 556. The van der Waals surface area contributed by atoms with Crippen molar-refractivity contribution in [3.8, 4) is 5.75 Å². The number of carbonyl (C=O) groups is 1. The van der Waals surface area contributed by atoms with Gasteiger partial charge in [-0.25, -0.2) is 0 Å². The summed E-state index contributed by atoms with van der Waals surface area (Å²) >= 11 is 3.48. The number of hydrogen-bond acceptors (Lipinski definition) is 3. The van der Waals surface area contributed by atoms with Gasteiger partial charge in [0, 0.05) is 12.6 Å². The van der Waals surface area contributed by atoms with Crippen LogP contribution >= 0.6 is 15.9 Å². The van der Waals surface area contributed by atoms with Gasteiger partial charge in [0.1, 0.15) is 5.75 Å². The van der Waals surface area contributed by atoms with E-state index < -0.39 is 6.10 Å². The fourth-order valence-corrected chi connectivity index (χ4v) is 3.52. The van der Waals surface area contributed by atoms with E-state index >= 15 is 0 Å². The second-order valence-corrected chi connectivity index (χ2v) is 7.86. The summed E-state index contributed by atoms with van der Waals surface area (Å²) in [6.45, 7) is 11.2. The third-order valence-electron chi connectivity index (χ3n) is 4.77. The summed E-state index contributed by atoms with van der Waals surface area (Å²) in [6, 6.07) is 6.21. The minimum Gasteiger partial charge on any atom is -0.480 e. The molecule has 1 amide bonds. The fourth-order valence-electron chi connectivity index (χ4n) is 2.94. The van der Waals surface area contributed by atoms with Crippen LogP contribution < -0.4 is 10.1 Å². The average molecular weight is 397 g/mol. The largest absolute Gasteiger partial charge is 0.480 e. The maximum atomic E-state index is 12.3. The zero-order chi connectivity index (χ0) is 17.7. The summed E-state index contributed by atoms with van der Waals surface area (Å²) in [5.41, 5.74) is 1.15. The van der Waals surface area contributed by atoms with Crippen LogP contribution in [0.4, 0.5) is 0 Å². The standard InChI is InChI=1S/C19H29BrN2O2/c1-13-7-9-22(10-8-13)15(3)12-21-19(23)16(4)24-18-6-5-14(2)11-17(18)20/h5-6,11,13,15-16H,7-10,12H2,1-4H3,(H,21,23). The molecule has 1 aromatic rings. The number of benzene rings is 1. The van der Waals surface area contributed by atoms with E-state index in [1.807, 2.05) is 25.1 Å². The van der Waals surface area contributed by atoms with E-state index in [-0.39, 0.29) is 5.91 Å². The lowest BCUT2D eigenvalue weighted by Crippen LogP contribution is -2.47. The van der Waals surface area contributed by atoms with Gasteiger partial charge in [-0.1, -0.05) is 13.0 Å². The molecule has 1 heterocycles. The molecule has 1 aliphatic rings. The van der Waals surface area contributed by atoms with Crippen LogP contribution in [0.25, 0.3) is 0 Å². The fraction of sp³-hybridized carbons (Fsp3) is 0.632. The molecule has 0 spiro atoms. The number of aryl methyl sites for hydroxylation is 1. The number of halogens is 1. The number of piperidine rings is 1. The molecule has 2 unspecified atom stereocenters. The Morgan fingerprint density at radius 2 is 2.04 bits per heavy atom. The smallest absolute Gasteiger partial charge is 0.260 e. The molecule has 134 valence electrons. The van der Waals surface area contributed by atoms with Gasteiger partial charge in [0.2, 0.25) is 0 Å². The average Bonchev–Trinajstić information content (AvgIpc) is 2.55. The molecule has 24 heavy (non-hydrogen) atoms. The predicted octanol–water partition coefficient (Wildman–Crippen LogP) is 3.76. The Balaban J connectivity index is 1.79. The van der Waals surface area contributed by atoms with Crippen LogP contribution in [-0.2, 0) is 4.79 Å². The molecule has 1 aromatic carbocycles. The van der Waals surface area contributed by atoms with Gasteiger partial charge >= 0.3 is 0 Å². The second kappa shape index (κ2) is 8.86. The van der Waals surface area contributed by atoms with Crippen molar-refractivity contribution >= 4 is 21.8 Å². The molecule has 0 aliphatic carbocycles. The van der Waals surface area contributed by atoms with E-state index in [9.17, 15) is 4.79 Å². The lowest BCUT2D eigenvalue weighted by Gasteiger charge is -2.35. The highest BCUT2D eigenvalue weighted by Gasteiger charge is 2.22. The first-order valence-electron chi connectivity index (χ1n) is 8.81. The number of ether oxygens (including phenoxy) is 1. The Kier molecular flexibility index (Phi) is 7.11. The monoisotopic (exact) mass is 396 g/mol. The van der Waals surface area contributed by atoms with Gasteiger partial charge in [0.05, 0.1) is 4.47 Å². The second-order valence-electron chi connectivity index (χ2n) is 7.01. The molecule has 1 saturated heterocycles. The van der Waals surface area contributed by atoms with Gasteiger partial charge < -0.3 is 10.1 Å². The number of nitrogens with zero attached hydrogens (tertiary/aromatic N) is 1. The number of rotatable bonds is 6. The van der Waals surface area contributed by atoms with Crippen molar-refractivity contribution < 1.29 is 9.53 Å². The van der Waals surface area contributed by atoms with Crippen LogP contribution in [0.5, 0.6) is 5.75 Å². The van der Waals surface area contributed by atoms with Gasteiger partial charge in [-0.3, -0.25) is 9.69 Å². The zero-order valence-corrected chi connectivity index (χ0v) is 16.7. The van der Waals surface area contributed by atoms with Crippen molar-refractivity contribution in [2.75, 3.05) is 19.6 Å². The van der Waals surface area contributed by atoms with Gasteiger partial charge in [-0.15, -0.1) is 0 Å². The minimum atomic E-state index is -0.516. The highest BCUT2D eigenvalue weighted by molar-refractivity contribution is 9.10. The van der Waals surface area contributed by atoms with E-state index in [1.165, 1.54) is 12.8 Å². The van der Waals surface area contributed by atoms with Crippen LogP contribution in [0.15, 0.2) is 22.7 Å². The molecule has 2 rings (SSSR count). The van der Waals surface area contributed by atoms with E-state index in [0.717, 1.165) is 29.0 Å². The number of hydrogen-bond donors (Lipinski definition) is 1. The van der Waals surface area contributed by atoms with Crippen molar-refractivity contribution in [1.29, 1.82) is 0 Å². The minimum absolute atomic E-state index is 0.0697. The highest BCUT2D eigenvalue weighted by atomic mass is 79.9. The first-order valence-corrected chi connectivity index (χ1v) is 9.60. The third-order valence-corrected chi connectivity index (χ3v) is 5.39. The number of nitrogens with one attached hydrogen (secondary N) is 1. The molecule has 5 heteroatoms. The number of amides is 1. The third kappa shape index (κ3) is 5.49. The first-order chi connectivity index (χ1) is 11.4. The van der Waals surface area contributed by atoms with Crippen LogP contribution in [0.1, 0.15) is 39.2 Å². The molecule has 2 atom stereocenters. The molecule has 1 N–H and O–H groups in total. The maximum Gasteiger partial charge on any atom is 0.260 e. The maximum absolute atomic E-state index is 12.3. The van der Waals surface area contributed by atoms with Gasteiger partial charge in [-0.05, 0) is 86.2 Å². The van der Waals surface area contributed by atoms with Crippen molar-refractivity contribution in [3.05, 3.63) is 28.2 Å². The molecule has 0 saturated carbocycles. The summed E-state index contributed by atoms with van der Waals surface area (Å²) < 4.78 is 6.65. The molecule has 4 nitrogen and oxygen atoms in total. The van der Waals surface area contributed by atoms with Gasteiger partial charge in [0.15, 0.2) is 6.10 Å². The Morgan fingerprint density at radius 3 is 2.67 bits per heavy atom. The van der Waals surface area contributed by atoms with E-state index in [4.69, 9.17) is 4.74 Å². The van der Waals surface area contributed by atoms with Gasteiger partial charge in [-0.2, -0.15) is 0 Å². The van der Waals surface area contributed by atoms with Crippen LogP contribution in [0.3, 0.4) is 0 Å². The quantitative estimate of drug-likeness (QED) is 0.795. The summed E-state index contributed by atoms with van der Waals surface area (Å²) in [7, 11) is 0. The normalized spacial score (nSPS) is 18.9. The lowest BCUT2D eigenvalue weighted by molar-refractivity contribution is -0.127. The lowest BCUT2D eigenvalue weighted by atomic mass is 9.98. The van der Waals surface area contributed by atoms with Crippen molar-refractivity contribution in [2.45, 2.75) is 52.7 Å². The molecule has 1 fully saturated rings. The van der Waals surface area contributed by atoms with Crippen LogP contribution in [0.2, 0.25) is 0 Å². The molecule has 0 bridgehead atoms.